The molecule has 2 fully saturated rings. The molecule has 82 valence electrons. The lowest BCUT2D eigenvalue weighted by atomic mass is 9.64. The summed E-state index contributed by atoms with van der Waals surface area (Å²) in [7, 11) is 0. The van der Waals surface area contributed by atoms with Crippen molar-refractivity contribution in [1.29, 1.82) is 0 Å². The molecule has 0 radical (unpaired) electrons. The van der Waals surface area contributed by atoms with E-state index >= 15 is 0 Å². The van der Waals surface area contributed by atoms with Crippen molar-refractivity contribution in [3.8, 4) is 0 Å². The van der Waals surface area contributed by atoms with Gasteiger partial charge >= 0.3 is 0 Å². The molecule has 2 rings (SSSR count). The van der Waals surface area contributed by atoms with Gasteiger partial charge in [0.25, 0.3) is 0 Å². The summed E-state index contributed by atoms with van der Waals surface area (Å²) in [6.45, 7) is 9.63. The van der Waals surface area contributed by atoms with Crippen LogP contribution in [-0.4, -0.2) is 11.6 Å². The molecule has 4 atom stereocenters. The van der Waals surface area contributed by atoms with Gasteiger partial charge < -0.3 is 5.32 Å². The fourth-order valence-corrected chi connectivity index (χ4v) is 4.07. The van der Waals surface area contributed by atoms with E-state index in [1.807, 2.05) is 0 Å². The maximum atomic E-state index is 3.86. The summed E-state index contributed by atoms with van der Waals surface area (Å²) in [6.07, 6.45) is 5.63. The number of nitrogens with one attached hydrogen (secondary N) is 1. The summed E-state index contributed by atoms with van der Waals surface area (Å²) in [5.74, 6) is 2.79. The Labute approximate surface area is 88.7 Å². The third-order valence-corrected chi connectivity index (χ3v) is 4.36. The van der Waals surface area contributed by atoms with Gasteiger partial charge in [0, 0.05) is 11.6 Å². The molecular formula is C13H25N. The summed E-state index contributed by atoms with van der Waals surface area (Å²) in [5.41, 5.74) is 0.373. The van der Waals surface area contributed by atoms with E-state index in [0.29, 0.717) is 5.54 Å². The van der Waals surface area contributed by atoms with E-state index in [1.54, 1.807) is 0 Å². The number of rotatable bonds is 0. The SMILES string of the molecule is CC1CCCC2NC(C)(C)CC(C)C12. The Kier molecular flexibility index (Phi) is 2.63. The van der Waals surface area contributed by atoms with Gasteiger partial charge in [0.2, 0.25) is 0 Å². The fraction of sp³-hybridized carbons (Fsp3) is 1.00. The van der Waals surface area contributed by atoms with E-state index in [4.69, 9.17) is 0 Å². The third-order valence-electron chi connectivity index (χ3n) is 4.36. The van der Waals surface area contributed by atoms with Crippen LogP contribution in [0.15, 0.2) is 0 Å². The molecule has 14 heavy (non-hydrogen) atoms. The van der Waals surface area contributed by atoms with Crippen molar-refractivity contribution in [3.05, 3.63) is 0 Å². The van der Waals surface area contributed by atoms with Crippen LogP contribution in [-0.2, 0) is 0 Å². The van der Waals surface area contributed by atoms with Crippen molar-refractivity contribution >= 4 is 0 Å². The second-order valence-electron chi connectivity index (χ2n) is 6.30. The summed E-state index contributed by atoms with van der Waals surface area (Å²) in [6, 6.07) is 0.803. The van der Waals surface area contributed by atoms with Gasteiger partial charge in [-0.15, -0.1) is 0 Å². The van der Waals surface area contributed by atoms with Crippen molar-refractivity contribution < 1.29 is 0 Å². The van der Waals surface area contributed by atoms with Gasteiger partial charge in [-0.25, -0.2) is 0 Å². The maximum absolute atomic E-state index is 3.86. The van der Waals surface area contributed by atoms with Crippen LogP contribution in [0.5, 0.6) is 0 Å². The average molecular weight is 195 g/mol. The zero-order valence-electron chi connectivity index (χ0n) is 10.1. The van der Waals surface area contributed by atoms with Crippen LogP contribution < -0.4 is 5.32 Å². The second-order valence-corrected chi connectivity index (χ2v) is 6.30. The molecule has 1 aliphatic heterocycles. The molecule has 1 heterocycles. The highest BCUT2D eigenvalue weighted by atomic mass is 15.0. The number of piperidine rings is 1. The Morgan fingerprint density at radius 3 is 2.50 bits per heavy atom. The Bertz CT molecular complexity index is 209. The third kappa shape index (κ3) is 1.84. The minimum absolute atomic E-state index is 0.373. The van der Waals surface area contributed by atoms with E-state index < -0.39 is 0 Å². The molecular weight excluding hydrogens is 170 g/mol. The highest BCUT2D eigenvalue weighted by Gasteiger charge is 2.42. The molecule has 0 aromatic rings. The molecule has 1 saturated carbocycles. The molecule has 1 heteroatoms. The van der Waals surface area contributed by atoms with Crippen LogP contribution in [0.3, 0.4) is 0 Å². The van der Waals surface area contributed by atoms with Gasteiger partial charge in [-0.3, -0.25) is 0 Å². The van der Waals surface area contributed by atoms with Crippen molar-refractivity contribution in [2.24, 2.45) is 17.8 Å². The van der Waals surface area contributed by atoms with Crippen LogP contribution in [0.25, 0.3) is 0 Å². The maximum Gasteiger partial charge on any atom is 0.0130 e. The normalized spacial score (nSPS) is 47.1. The molecule has 1 saturated heterocycles. The minimum atomic E-state index is 0.373. The molecule has 0 aromatic heterocycles. The van der Waals surface area contributed by atoms with E-state index in [-0.39, 0.29) is 0 Å². The number of hydrogen-bond acceptors (Lipinski definition) is 1. The first kappa shape index (κ1) is 10.5. The van der Waals surface area contributed by atoms with Crippen LogP contribution in [0.2, 0.25) is 0 Å². The van der Waals surface area contributed by atoms with Crippen molar-refractivity contribution in [1.82, 2.24) is 5.32 Å². The van der Waals surface area contributed by atoms with Crippen molar-refractivity contribution in [2.75, 3.05) is 0 Å². The standard InChI is InChI=1S/C13H25N/c1-9-6-5-7-11-12(9)10(2)8-13(3,4)14-11/h9-12,14H,5-8H2,1-4H3. The van der Waals surface area contributed by atoms with Gasteiger partial charge in [-0.2, -0.15) is 0 Å². The van der Waals surface area contributed by atoms with Crippen molar-refractivity contribution in [3.63, 3.8) is 0 Å². The van der Waals surface area contributed by atoms with E-state index in [2.05, 4.69) is 33.0 Å². The Hall–Kier alpha value is -0.0400. The lowest BCUT2D eigenvalue weighted by Crippen LogP contribution is -2.59. The fourth-order valence-electron chi connectivity index (χ4n) is 4.07. The molecule has 0 bridgehead atoms. The molecule has 1 aliphatic carbocycles. The largest absolute Gasteiger partial charge is 0.309 e. The molecule has 2 aliphatic rings. The van der Waals surface area contributed by atoms with Gasteiger partial charge in [-0.05, 0) is 44.4 Å². The minimum Gasteiger partial charge on any atom is -0.309 e. The predicted molar refractivity (Wildman–Crippen MR) is 61.3 cm³/mol. The Morgan fingerprint density at radius 1 is 1.07 bits per heavy atom. The topological polar surface area (TPSA) is 12.0 Å². The van der Waals surface area contributed by atoms with Crippen molar-refractivity contribution in [2.45, 2.75) is 65.0 Å². The Morgan fingerprint density at radius 2 is 1.79 bits per heavy atom. The number of hydrogen-bond donors (Lipinski definition) is 1. The second kappa shape index (κ2) is 3.52. The first-order valence-electron chi connectivity index (χ1n) is 6.27. The molecule has 0 amide bonds. The van der Waals surface area contributed by atoms with E-state index in [0.717, 1.165) is 23.8 Å². The predicted octanol–water partition coefficient (Wildman–Crippen LogP) is 3.20. The van der Waals surface area contributed by atoms with Crippen LogP contribution in [0.4, 0.5) is 0 Å². The summed E-state index contributed by atoms with van der Waals surface area (Å²) >= 11 is 0. The summed E-state index contributed by atoms with van der Waals surface area (Å²) < 4.78 is 0. The van der Waals surface area contributed by atoms with E-state index in [9.17, 15) is 0 Å². The summed E-state index contributed by atoms with van der Waals surface area (Å²) in [5, 5.41) is 3.86. The van der Waals surface area contributed by atoms with Crippen LogP contribution >= 0.6 is 0 Å². The van der Waals surface area contributed by atoms with Gasteiger partial charge in [0.05, 0.1) is 0 Å². The quantitative estimate of drug-likeness (QED) is 0.626. The van der Waals surface area contributed by atoms with Crippen LogP contribution in [0.1, 0.15) is 53.4 Å². The lowest BCUT2D eigenvalue weighted by Gasteiger charge is -2.50. The monoisotopic (exact) mass is 195 g/mol. The average Bonchev–Trinajstić information content (AvgIpc) is 2.00. The molecule has 1 N–H and O–H groups in total. The molecule has 1 nitrogen and oxygen atoms in total. The molecule has 0 spiro atoms. The molecule has 4 unspecified atom stereocenters. The van der Waals surface area contributed by atoms with Gasteiger partial charge in [-0.1, -0.05) is 26.7 Å². The van der Waals surface area contributed by atoms with Gasteiger partial charge in [0.15, 0.2) is 0 Å². The van der Waals surface area contributed by atoms with Crippen LogP contribution in [0, 0.1) is 17.8 Å². The van der Waals surface area contributed by atoms with Gasteiger partial charge in [0.1, 0.15) is 0 Å². The molecule has 0 aromatic carbocycles. The lowest BCUT2D eigenvalue weighted by molar-refractivity contribution is 0.0468. The first-order valence-corrected chi connectivity index (χ1v) is 6.27. The number of fused-ring (bicyclic) bond motifs is 1. The smallest absolute Gasteiger partial charge is 0.0130 e. The van der Waals surface area contributed by atoms with E-state index in [1.165, 1.54) is 25.7 Å². The zero-order valence-corrected chi connectivity index (χ0v) is 10.1. The summed E-state index contributed by atoms with van der Waals surface area (Å²) in [4.78, 5) is 0. The highest BCUT2D eigenvalue weighted by molar-refractivity contribution is 4.98. The highest BCUT2D eigenvalue weighted by Crippen LogP contribution is 2.42. The first-order chi connectivity index (χ1) is 6.49. The Balaban J connectivity index is 2.13. The zero-order chi connectivity index (χ0) is 10.3.